The van der Waals surface area contributed by atoms with Crippen LogP contribution in [-0.2, 0) is 20.7 Å². The maximum atomic E-state index is 11.8. The fourth-order valence-electron chi connectivity index (χ4n) is 1.33. The molecule has 0 atom stereocenters. The van der Waals surface area contributed by atoms with Crippen LogP contribution in [-0.4, -0.2) is 29.3 Å². The summed E-state index contributed by atoms with van der Waals surface area (Å²) in [7, 11) is 0. The molecule has 18 heavy (non-hydrogen) atoms. The van der Waals surface area contributed by atoms with Gasteiger partial charge in [0, 0.05) is 4.90 Å². The highest BCUT2D eigenvalue weighted by Crippen LogP contribution is 2.14. The lowest BCUT2D eigenvalue weighted by molar-refractivity contribution is -0.145. The molecule has 0 saturated carbocycles. The largest absolute Gasteiger partial charge is 0.465 e. The van der Waals surface area contributed by atoms with Crippen molar-refractivity contribution in [3.63, 3.8) is 0 Å². The van der Waals surface area contributed by atoms with Gasteiger partial charge in [0.1, 0.15) is 6.54 Å². The molecule has 0 aliphatic carbocycles. The molecule has 0 radical (unpaired) electrons. The molecule has 0 fully saturated rings. The number of rotatable bonds is 5. The Labute approximate surface area is 117 Å². The van der Waals surface area contributed by atoms with Gasteiger partial charge in [0.15, 0.2) is 0 Å². The van der Waals surface area contributed by atoms with Gasteiger partial charge in [0.2, 0.25) is 5.91 Å². The van der Waals surface area contributed by atoms with Crippen LogP contribution in [0.4, 0.5) is 0 Å². The minimum absolute atomic E-state index is 0.155. The molecule has 1 aromatic carbocycles. The first-order valence-electron chi connectivity index (χ1n) is 5.46. The lowest BCUT2D eigenvalue weighted by Gasteiger charge is -2.15. The number of benzene rings is 1. The van der Waals surface area contributed by atoms with Crippen LogP contribution in [0.25, 0.3) is 0 Å². The number of carbonyl (C=O) groups excluding carboxylic acids is 2. The van der Waals surface area contributed by atoms with E-state index < -0.39 is 5.97 Å². The molecule has 0 aliphatic rings. The highest BCUT2D eigenvalue weighted by Gasteiger charge is 2.15. The third-order valence-corrected chi connectivity index (χ3v) is 3.01. The van der Waals surface area contributed by atoms with Gasteiger partial charge in [0.25, 0.3) is 0 Å². The fourth-order valence-corrected chi connectivity index (χ4v) is 1.76. The number of amides is 1. The quantitative estimate of drug-likeness (QED) is 0.640. The van der Waals surface area contributed by atoms with Crippen molar-refractivity contribution in [3.05, 3.63) is 29.8 Å². The summed E-state index contributed by atoms with van der Waals surface area (Å²) in [6.07, 6.45) is 0.155. The standard InChI is InChI=1S/C12H15NO3S2/c1-2-16-12(15)8-13(18)11(14)7-9-5-3-4-6-10(9)17/h3-6,17-18H,2,7-8H2,1H3. The maximum Gasteiger partial charge on any atom is 0.326 e. The second kappa shape index (κ2) is 7.33. The molecule has 1 amide bonds. The summed E-state index contributed by atoms with van der Waals surface area (Å²) in [5, 5.41) is 0. The first-order chi connectivity index (χ1) is 8.54. The molecule has 0 heterocycles. The summed E-state index contributed by atoms with van der Waals surface area (Å²) < 4.78 is 5.79. The van der Waals surface area contributed by atoms with Gasteiger partial charge in [-0.05, 0) is 18.6 Å². The average molecular weight is 285 g/mol. The van der Waals surface area contributed by atoms with Crippen molar-refractivity contribution >= 4 is 37.3 Å². The molecule has 0 spiro atoms. The second-order valence-corrected chi connectivity index (χ2v) is 4.53. The number of ether oxygens (including phenoxy) is 1. The van der Waals surface area contributed by atoms with Gasteiger partial charge in [-0.2, -0.15) is 0 Å². The number of carbonyl (C=O) groups is 2. The molecule has 0 bridgehead atoms. The fraction of sp³-hybridized carbons (Fsp3) is 0.333. The van der Waals surface area contributed by atoms with E-state index in [2.05, 4.69) is 25.4 Å². The molecular weight excluding hydrogens is 270 g/mol. The number of esters is 1. The van der Waals surface area contributed by atoms with Crippen LogP contribution in [0.15, 0.2) is 29.2 Å². The van der Waals surface area contributed by atoms with Crippen molar-refractivity contribution in [2.24, 2.45) is 0 Å². The van der Waals surface area contributed by atoms with E-state index in [-0.39, 0.29) is 25.5 Å². The van der Waals surface area contributed by atoms with E-state index in [4.69, 9.17) is 4.74 Å². The van der Waals surface area contributed by atoms with E-state index in [1.807, 2.05) is 18.2 Å². The predicted molar refractivity (Wildman–Crippen MR) is 74.7 cm³/mol. The summed E-state index contributed by atoms with van der Waals surface area (Å²) in [6.45, 7) is 1.83. The van der Waals surface area contributed by atoms with E-state index in [1.165, 1.54) is 0 Å². The average Bonchev–Trinajstić information content (AvgIpc) is 2.32. The molecule has 0 unspecified atom stereocenters. The van der Waals surface area contributed by atoms with Gasteiger partial charge < -0.3 is 4.74 Å². The Morgan fingerprint density at radius 3 is 2.61 bits per heavy atom. The van der Waals surface area contributed by atoms with Crippen LogP contribution in [0.2, 0.25) is 0 Å². The molecule has 6 heteroatoms. The summed E-state index contributed by atoms with van der Waals surface area (Å²) in [5.41, 5.74) is 0.800. The number of nitrogens with zero attached hydrogens (tertiary/aromatic N) is 1. The van der Waals surface area contributed by atoms with Gasteiger partial charge in [-0.25, -0.2) is 0 Å². The Bertz CT molecular complexity index is 437. The van der Waals surface area contributed by atoms with Gasteiger partial charge in [0.05, 0.1) is 13.0 Å². The van der Waals surface area contributed by atoms with Crippen LogP contribution in [0.5, 0.6) is 0 Å². The van der Waals surface area contributed by atoms with Crippen molar-refractivity contribution in [3.8, 4) is 0 Å². The second-order valence-electron chi connectivity index (χ2n) is 3.56. The zero-order valence-corrected chi connectivity index (χ0v) is 11.8. The Balaban J connectivity index is 2.55. The predicted octanol–water partition coefficient (Wildman–Crippen LogP) is 1.75. The van der Waals surface area contributed by atoms with Crippen LogP contribution in [0.1, 0.15) is 12.5 Å². The lowest BCUT2D eigenvalue weighted by Crippen LogP contribution is -2.30. The smallest absolute Gasteiger partial charge is 0.326 e. The minimum Gasteiger partial charge on any atom is -0.465 e. The van der Waals surface area contributed by atoms with E-state index in [0.717, 1.165) is 14.8 Å². The Morgan fingerprint density at radius 2 is 2.00 bits per heavy atom. The molecular formula is C12H15NO3S2. The lowest BCUT2D eigenvalue weighted by atomic mass is 10.1. The van der Waals surface area contributed by atoms with Gasteiger partial charge >= 0.3 is 5.97 Å². The zero-order chi connectivity index (χ0) is 13.5. The molecule has 0 N–H and O–H groups in total. The Hall–Kier alpha value is -1.14. The monoisotopic (exact) mass is 285 g/mol. The van der Waals surface area contributed by atoms with Crippen molar-refractivity contribution in [1.29, 1.82) is 0 Å². The van der Waals surface area contributed by atoms with E-state index in [0.29, 0.717) is 0 Å². The minimum atomic E-state index is -0.472. The maximum absolute atomic E-state index is 11.8. The number of hydrogen-bond acceptors (Lipinski definition) is 5. The van der Waals surface area contributed by atoms with Gasteiger partial charge in [-0.15, -0.1) is 12.6 Å². The van der Waals surface area contributed by atoms with Gasteiger partial charge in [-0.3, -0.25) is 13.9 Å². The molecule has 0 saturated heterocycles. The molecule has 4 nitrogen and oxygen atoms in total. The number of hydrogen-bond donors (Lipinski definition) is 2. The van der Waals surface area contributed by atoms with E-state index in [1.54, 1.807) is 13.0 Å². The molecule has 1 rings (SSSR count). The highest BCUT2D eigenvalue weighted by atomic mass is 32.1. The van der Waals surface area contributed by atoms with Crippen LogP contribution < -0.4 is 0 Å². The summed E-state index contributed by atoms with van der Waals surface area (Å²) >= 11 is 8.24. The van der Waals surface area contributed by atoms with E-state index >= 15 is 0 Å². The first kappa shape index (κ1) is 14.9. The summed E-state index contributed by atoms with van der Waals surface area (Å²) in [5.74, 6) is -0.743. The van der Waals surface area contributed by atoms with Crippen molar-refractivity contribution < 1.29 is 14.3 Å². The molecule has 98 valence electrons. The SMILES string of the molecule is CCOC(=O)CN(S)C(=O)Cc1ccccc1S. The molecule has 1 aromatic rings. The Kier molecular flexibility index (Phi) is 6.07. The van der Waals surface area contributed by atoms with Crippen LogP contribution in [0, 0.1) is 0 Å². The third-order valence-electron chi connectivity index (χ3n) is 2.21. The molecule has 0 aliphatic heterocycles. The van der Waals surface area contributed by atoms with Crippen LogP contribution in [0.3, 0.4) is 0 Å². The van der Waals surface area contributed by atoms with Crippen LogP contribution >= 0.6 is 25.4 Å². The number of thiol groups is 2. The van der Waals surface area contributed by atoms with Crippen molar-refractivity contribution in [2.45, 2.75) is 18.2 Å². The third kappa shape index (κ3) is 4.62. The van der Waals surface area contributed by atoms with Crippen molar-refractivity contribution in [1.82, 2.24) is 4.31 Å². The Morgan fingerprint density at radius 1 is 1.33 bits per heavy atom. The summed E-state index contributed by atoms with van der Waals surface area (Å²) in [4.78, 5) is 23.7. The van der Waals surface area contributed by atoms with E-state index in [9.17, 15) is 9.59 Å². The van der Waals surface area contributed by atoms with Gasteiger partial charge in [-0.1, -0.05) is 31.0 Å². The topological polar surface area (TPSA) is 46.6 Å². The van der Waals surface area contributed by atoms with Crippen molar-refractivity contribution in [2.75, 3.05) is 13.2 Å². The summed E-state index contributed by atoms with van der Waals surface area (Å²) in [6, 6.07) is 7.29. The normalized spacial score (nSPS) is 9.94. The molecule has 0 aromatic heterocycles. The highest BCUT2D eigenvalue weighted by molar-refractivity contribution is 7.80. The zero-order valence-electron chi connectivity index (χ0n) is 10.00. The first-order valence-corrected chi connectivity index (χ1v) is 6.31.